The second-order valence-corrected chi connectivity index (χ2v) is 5.98. The number of rotatable bonds is 6. The van der Waals surface area contributed by atoms with Crippen molar-refractivity contribution >= 4 is 11.6 Å². The van der Waals surface area contributed by atoms with E-state index in [1.54, 1.807) is 0 Å². The molecule has 0 atom stereocenters. The Hall–Kier alpha value is -2.95. The summed E-state index contributed by atoms with van der Waals surface area (Å²) in [6, 6.07) is 15.8. The third kappa shape index (κ3) is 4.53. The Morgan fingerprint density at radius 3 is 2.48 bits per heavy atom. The minimum atomic E-state index is -0.0701. The van der Waals surface area contributed by atoms with Gasteiger partial charge in [0.2, 0.25) is 17.6 Å². The van der Waals surface area contributed by atoms with Gasteiger partial charge < -0.3 is 9.84 Å². The smallest absolute Gasteiger partial charge is 0.227 e. The van der Waals surface area contributed by atoms with Gasteiger partial charge in [0.15, 0.2) is 0 Å². The van der Waals surface area contributed by atoms with Crippen molar-refractivity contribution in [3.63, 3.8) is 0 Å². The van der Waals surface area contributed by atoms with E-state index in [4.69, 9.17) is 4.52 Å². The Labute approximate surface area is 147 Å². The lowest BCUT2D eigenvalue weighted by Gasteiger charge is -2.05. The number of benzene rings is 2. The Balaban J connectivity index is 1.54. The number of aromatic nitrogens is 2. The molecule has 0 aliphatic rings. The summed E-state index contributed by atoms with van der Waals surface area (Å²) in [5, 5.41) is 6.86. The van der Waals surface area contributed by atoms with Gasteiger partial charge >= 0.3 is 0 Å². The molecule has 0 spiro atoms. The molecule has 0 fully saturated rings. The fourth-order valence-electron chi connectivity index (χ4n) is 2.44. The molecular formula is C20H21N3O2. The van der Waals surface area contributed by atoms with Gasteiger partial charge in [0.05, 0.1) is 0 Å². The number of nitrogens with one attached hydrogen (secondary N) is 1. The molecule has 0 saturated carbocycles. The van der Waals surface area contributed by atoms with Crippen LogP contribution in [0.4, 0.5) is 5.69 Å². The molecule has 0 unspecified atom stereocenters. The highest BCUT2D eigenvalue weighted by Crippen LogP contribution is 2.17. The van der Waals surface area contributed by atoms with Crippen molar-refractivity contribution in [3.05, 3.63) is 65.5 Å². The number of hydrogen-bond donors (Lipinski definition) is 1. The van der Waals surface area contributed by atoms with E-state index in [1.807, 2.05) is 55.5 Å². The topological polar surface area (TPSA) is 68.0 Å². The summed E-state index contributed by atoms with van der Waals surface area (Å²) >= 11 is 0. The zero-order valence-corrected chi connectivity index (χ0v) is 14.5. The van der Waals surface area contributed by atoms with Crippen molar-refractivity contribution < 1.29 is 9.32 Å². The summed E-state index contributed by atoms with van der Waals surface area (Å²) in [6.07, 6.45) is 1.69. The van der Waals surface area contributed by atoms with Crippen molar-refractivity contribution in [2.75, 3.05) is 5.32 Å². The monoisotopic (exact) mass is 335 g/mol. The van der Waals surface area contributed by atoms with Crippen LogP contribution in [0.15, 0.2) is 53.1 Å². The summed E-state index contributed by atoms with van der Waals surface area (Å²) in [7, 11) is 0. The SMILES string of the molecule is CCc1ccc(NC(=O)CCc2nc(-c3ccc(C)cc3)no2)cc1. The first-order valence-corrected chi connectivity index (χ1v) is 8.42. The normalized spacial score (nSPS) is 10.6. The van der Waals surface area contributed by atoms with Crippen molar-refractivity contribution in [1.29, 1.82) is 0 Å². The molecule has 1 N–H and O–H groups in total. The van der Waals surface area contributed by atoms with Gasteiger partial charge in [-0.1, -0.05) is 54.0 Å². The van der Waals surface area contributed by atoms with Crippen molar-refractivity contribution in [2.45, 2.75) is 33.1 Å². The Morgan fingerprint density at radius 2 is 1.80 bits per heavy atom. The van der Waals surface area contributed by atoms with Crippen LogP contribution in [0, 0.1) is 6.92 Å². The summed E-state index contributed by atoms with van der Waals surface area (Å²) in [5.41, 5.74) is 4.12. The first-order chi connectivity index (χ1) is 12.1. The predicted molar refractivity (Wildman–Crippen MR) is 97.2 cm³/mol. The van der Waals surface area contributed by atoms with Gasteiger partial charge in [-0.05, 0) is 31.0 Å². The van der Waals surface area contributed by atoms with Crippen molar-refractivity contribution in [3.8, 4) is 11.4 Å². The third-order valence-electron chi connectivity index (χ3n) is 3.99. The van der Waals surface area contributed by atoms with Crippen LogP contribution >= 0.6 is 0 Å². The molecule has 1 amide bonds. The number of carbonyl (C=O) groups is 1. The molecule has 128 valence electrons. The number of nitrogens with zero attached hydrogens (tertiary/aromatic N) is 2. The van der Waals surface area contributed by atoms with E-state index in [9.17, 15) is 4.79 Å². The molecule has 3 rings (SSSR count). The van der Waals surface area contributed by atoms with Crippen molar-refractivity contribution in [2.24, 2.45) is 0 Å². The number of anilines is 1. The number of aryl methyl sites for hydroxylation is 3. The Bertz CT molecular complexity index is 836. The van der Waals surface area contributed by atoms with E-state index >= 15 is 0 Å². The van der Waals surface area contributed by atoms with Crippen LogP contribution in [-0.2, 0) is 17.6 Å². The summed E-state index contributed by atoms with van der Waals surface area (Å²) in [5.74, 6) is 0.942. The fraction of sp³-hybridized carbons (Fsp3) is 0.250. The lowest BCUT2D eigenvalue weighted by atomic mass is 10.1. The molecule has 0 saturated heterocycles. The van der Waals surface area contributed by atoms with E-state index in [1.165, 1.54) is 11.1 Å². The van der Waals surface area contributed by atoms with Crippen LogP contribution in [0.3, 0.4) is 0 Å². The van der Waals surface area contributed by atoms with Crippen LogP contribution in [0.25, 0.3) is 11.4 Å². The zero-order chi connectivity index (χ0) is 17.6. The molecular weight excluding hydrogens is 314 g/mol. The van der Waals surface area contributed by atoms with E-state index < -0.39 is 0 Å². The van der Waals surface area contributed by atoms with Gasteiger partial charge in [0.25, 0.3) is 0 Å². The number of carbonyl (C=O) groups excluding carboxylic acids is 1. The van der Waals surface area contributed by atoms with Gasteiger partial charge in [0, 0.05) is 24.1 Å². The molecule has 0 bridgehead atoms. The average molecular weight is 335 g/mol. The van der Waals surface area contributed by atoms with Crippen LogP contribution < -0.4 is 5.32 Å². The molecule has 5 nitrogen and oxygen atoms in total. The molecule has 0 radical (unpaired) electrons. The molecule has 1 heterocycles. The highest BCUT2D eigenvalue weighted by atomic mass is 16.5. The number of amides is 1. The van der Waals surface area contributed by atoms with Gasteiger partial charge in [-0.15, -0.1) is 0 Å². The Kier molecular flexibility index (Phi) is 5.23. The van der Waals surface area contributed by atoms with Gasteiger partial charge in [-0.2, -0.15) is 4.98 Å². The molecule has 0 aliphatic heterocycles. The molecule has 2 aromatic carbocycles. The van der Waals surface area contributed by atoms with E-state index in [0.717, 1.165) is 17.7 Å². The summed E-state index contributed by atoms with van der Waals surface area (Å²) < 4.78 is 5.24. The molecule has 3 aromatic rings. The first kappa shape index (κ1) is 16.9. The second-order valence-electron chi connectivity index (χ2n) is 5.98. The Morgan fingerprint density at radius 1 is 1.08 bits per heavy atom. The van der Waals surface area contributed by atoms with E-state index in [0.29, 0.717) is 24.6 Å². The molecule has 25 heavy (non-hydrogen) atoms. The maximum atomic E-state index is 12.1. The van der Waals surface area contributed by atoms with Gasteiger partial charge in [-0.3, -0.25) is 4.79 Å². The number of hydrogen-bond acceptors (Lipinski definition) is 4. The van der Waals surface area contributed by atoms with Crippen LogP contribution in [-0.4, -0.2) is 16.0 Å². The third-order valence-corrected chi connectivity index (χ3v) is 3.99. The van der Waals surface area contributed by atoms with Crippen molar-refractivity contribution in [1.82, 2.24) is 10.1 Å². The maximum absolute atomic E-state index is 12.1. The molecule has 1 aromatic heterocycles. The lowest BCUT2D eigenvalue weighted by molar-refractivity contribution is -0.116. The molecule has 5 heteroatoms. The van der Waals surface area contributed by atoms with Crippen LogP contribution in [0.2, 0.25) is 0 Å². The molecule has 0 aliphatic carbocycles. The quantitative estimate of drug-likeness (QED) is 0.734. The minimum absolute atomic E-state index is 0.0701. The van der Waals surface area contributed by atoms with Gasteiger partial charge in [0.1, 0.15) is 0 Å². The highest BCUT2D eigenvalue weighted by Gasteiger charge is 2.11. The standard InChI is InChI=1S/C20H21N3O2/c1-3-15-6-10-17(11-7-15)21-18(24)12-13-19-22-20(23-25-19)16-8-4-14(2)5-9-16/h4-11H,3,12-13H2,1-2H3,(H,21,24). The highest BCUT2D eigenvalue weighted by molar-refractivity contribution is 5.90. The fourth-order valence-corrected chi connectivity index (χ4v) is 2.44. The largest absolute Gasteiger partial charge is 0.339 e. The average Bonchev–Trinajstić information content (AvgIpc) is 3.10. The minimum Gasteiger partial charge on any atom is -0.339 e. The zero-order valence-electron chi connectivity index (χ0n) is 14.5. The first-order valence-electron chi connectivity index (χ1n) is 8.42. The summed E-state index contributed by atoms with van der Waals surface area (Å²) in [6.45, 7) is 4.13. The van der Waals surface area contributed by atoms with E-state index in [2.05, 4.69) is 22.4 Å². The van der Waals surface area contributed by atoms with Gasteiger partial charge in [-0.25, -0.2) is 0 Å². The van der Waals surface area contributed by atoms with E-state index in [-0.39, 0.29) is 5.91 Å². The summed E-state index contributed by atoms with van der Waals surface area (Å²) in [4.78, 5) is 16.4. The van der Waals surface area contributed by atoms with Crippen LogP contribution in [0.5, 0.6) is 0 Å². The predicted octanol–water partition coefficient (Wildman–Crippen LogP) is 4.18. The second kappa shape index (κ2) is 7.75. The maximum Gasteiger partial charge on any atom is 0.227 e. The lowest BCUT2D eigenvalue weighted by Crippen LogP contribution is -2.12. The van der Waals surface area contributed by atoms with Crippen LogP contribution in [0.1, 0.15) is 30.4 Å².